The lowest BCUT2D eigenvalue weighted by Gasteiger charge is -2.34. The molecule has 2 amide bonds. The maximum atomic E-state index is 11.9. The van der Waals surface area contributed by atoms with E-state index in [0.717, 1.165) is 6.42 Å². The molecule has 0 aliphatic carbocycles. The molecule has 1 atom stereocenters. The standard InChI is InChI=1S/C12H21N3O3/c1-3-4-10(2)13-12(18)15-7-5-14(6-8-15)9-11(16)17/h3,10H,1,4-9H2,2H3,(H,13,18)(H,16,17). The van der Waals surface area contributed by atoms with Crippen molar-refractivity contribution in [3.8, 4) is 0 Å². The van der Waals surface area contributed by atoms with E-state index in [1.54, 1.807) is 11.0 Å². The van der Waals surface area contributed by atoms with E-state index in [4.69, 9.17) is 5.11 Å². The largest absolute Gasteiger partial charge is 0.480 e. The van der Waals surface area contributed by atoms with Crippen molar-refractivity contribution >= 4 is 12.0 Å². The summed E-state index contributed by atoms with van der Waals surface area (Å²) in [4.78, 5) is 26.0. The second kappa shape index (κ2) is 7.00. The van der Waals surface area contributed by atoms with Crippen LogP contribution in [-0.4, -0.2) is 65.7 Å². The molecule has 102 valence electrons. The van der Waals surface area contributed by atoms with Crippen LogP contribution < -0.4 is 5.32 Å². The monoisotopic (exact) mass is 255 g/mol. The lowest BCUT2D eigenvalue weighted by molar-refractivity contribution is -0.138. The van der Waals surface area contributed by atoms with E-state index in [1.807, 2.05) is 11.8 Å². The quantitative estimate of drug-likeness (QED) is 0.696. The number of amides is 2. The highest BCUT2D eigenvalue weighted by Crippen LogP contribution is 2.03. The molecule has 18 heavy (non-hydrogen) atoms. The molecular formula is C12H21N3O3. The van der Waals surface area contributed by atoms with Gasteiger partial charge in [-0.2, -0.15) is 0 Å². The Balaban J connectivity index is 2.31. The summed E-state index contributed by atoms with van der Waals surface area (Å²) in [6.45, 7) is 7.96. The first kappa shape index (κ1) is 14.5. The van der Waals surface area contributed by atoms with Crippen molar-refractivity contribution in [2.24, 2.45) is 0 Å². The maximum Gasteiger partial charge on any atom is 0.317 e. The molecule has 0 aromatic rings. The summed E-state index contributed by atoms with van der Waals surface area (Å²) in [5, 5.41) is 11.6. The Labute approximate surface area is 107 Å². The number of hydrogen-bond donors (Lipinski definition) is 2. The Hall–Kier alpha value is -1.56. The van der Waals surface area contributed by atoms with E-state index in [1.165, 1.54) is 0 Å². The summed E-state index contributed by atoms with van der Waals surface area (Å²) in [5.41, 5.74) is 0. The van der Waals surface area contributed by atoms with Crippen molar-refractivity contribution in [1.82, 2.24) is 15.1 Å². The molecule has 6 nitrogen and oxygen atoms in total. The van der Waals surface area contributed by atoms with Gasteiger partial charge in [-0.25, -0.2) is 4.79 Å². The second-order valence-corrected chi connectivity index (χ2v) is 4.53. The van der Waals surface area contributed by atoms with Crippen molar-refractivity contribution < 1.29 is 14.7 Å². The van der Waals surface area contributed by atoms with Crippen LogP contribution in [0.4, 0.5) is 4.79 Å². The smallest absolute Gasteiger partial charge is 0.317 e. The first-order valence-corrected chi connectivity index (χ1v) is 6.13. The molecule has 1 fully saturated rings. The van der Waals surface area contributed by atoms with E-state index in [0.29, 0.717) is 26.2 Å². The Kier molecular flexibility index (Phi) is 5.64. The molecule has 1 aliphatic heterocycles. The number of carboxylic acid groups (broad SMARTS) is 1. The lowest BCUT2D eigenvalue weighted by atomic mass is 10.2. The molecule has 0 spiro atoms. The molecule has 0 aromatic heterocycles. The van der Waals surface area contributed by atoms with Gasteiger partial charge < -0.3 is 15.3 Å². The van der Waals surface area contributed by atoms with Crippen LogP contribution in [0.3, 0.4) is 0 Å². The minimum Gasteiger partial charge on any atom is -0.480 e. The van der Waals surface area contributed by atoms with E-state index in [-0.39, 0.29) is 18.6 Å². The fourth-order valence-corrected chi connectivity index (χ4v) is 1.91. The molecule has 0 radical (unpaired) electrons. The van der Waals surface area contributed by atoms with E-state index in [9.17, 15) is 9.59 Å². The van der Waals surface area contributed by atoms with Crippen molar-refractivity contribution in [2.45, 2.75) is 19.4 Å². The summed E-state index contributed by atoms with van der Waals surface area (Å²) in [5.74, 6) is -0.826. The van der Waals surface area contributed by atoms with Gasteiger partial charge in [-0.05, 0) is 13.3 Å². The van der Waals surface area contributed by atoms with Crippen LogP contribution in [-0.2, 0) is 4.79 Å². The third kappa shape index (κ3) is 4.75. The average Bonchev–Trinajstić information content (AvgIpc) is 2.29. The number of urea groups is 1. The Morgan fingerprint density at radius 2 is 2.00 bits per heavy atom. The molecule has 1 saturated heterocycles. The normalized spacial score (nSPS) is 18.2. The van der Waals surface area contributed by atoms with E-state index < -0.39 is 5.97 Å². The highest BCUT2D eigenvalue weighted by Gasteiger charge is 2.22. The summed E-state index contributed by atoms with van der Waals surface area (Å²) >= 11 is 0. The van der Waals surface area contributed by atoms with Gasteiger partial charge in [0.05, 0.1) is 6.54 Å². The number of carbonyl (C=O) groups excluding carboxylic acids is 1. The molecule has 6 heteroatoms. The highest BCUT2D eigenvalue weighted by atomic mass is 16.4. The first-order chi connectivity index (χ1) is 8.52. The zero-order valence-electron chi connectivity index (χ0n) is 10.8. The molecule has 1 aliphatic rings. The minimum atomic E-state index is -0.826. The number of nitrogens with zero attached hydrogens (tertiary/aromatic N) is 2. The summed E-state index contributed by atoms with van der Waals surface area (Å²) in [6.07, 6.45) is 2.51. The van der Waals surface area contributed by atoms with Gasteiger partial charge in [-0.1, -0.05) is 6.08 Å². The molecule has 1 heterocycles. The number of aliphatic carboxylic acids is 1. The predicted octanol–water partition coefficient (Wildman–Crippen LogP) is 0.363. The van der Waals surface area contributed by atoms with Crippen molar-refractivity contribution in [2.75, 3.05) is 32.7 Å². The minimum absolute atomic E-state index is 0.0440. The van der Waals surface area contributed by atoms with Gasteiger partial charge in [-0.15, -0.1) is 6.58 Å². The van der Waals surface area contributed by atoms with Crippen molar-refractivity contribution in [3.63, 3.8) is 0 Å². The lowest BCUT2D eigenvalue weighted by Crippen LogP contribution is -2.53. The van der Waals surface area contributed by atoms with Crippen LogP contribution in [0.1, 0.15) is 13.3 Å². The van der Waals surface area contributed by atoms with Gasteiger partial charge in [-0.3, -0.25) is 9.69 Å². The number of carboxylic acids is 1. The molecule has 0 aromatic carbocycles. The zero-order valence-corrected chi connectivity index (χ0v) is 10.8. The molecular weight excluding hydrogens is 234 g/mol. The molecule has 0 saturated carbocycles. The fourth-order valence-electron chi connectivity index (χ4n) is 1.91. The van der Waals surface area contributed by atoms with Gasteiger partial charge in [0.25, 0.3) is 0 Å². The third-order valence-electron chi connectivity index (χ3n) is 2.91. The Bertz CT molecular complexity index is 312. The fraction of sp³-hybridized carbons (Fsp3) is 0.667. The van der Waals surface area contributed by atoms with Crippen LogP contribution in [0.15, 0.2) is 12.7 Å². The Morgan fingerprint density at radius 3 is 2.50 bits per heavy atom. The first-order valence-electron chi connectivity index (χ1n) is 6.13. The van der Waals surface area contributed by atoms with Gasteiger partial charge in [0.15, 0.2) is 0 Å². The van der Waals surface area contributed by atoms with E-state index in [2.05, 4.69) is 11.9 Å². The summed E-state index contributed by atoms with van der Waals surface area (Å²) in [6, 6.07) is -0.00799. The van der Waals surface area contributed by atoms with Gasteiger partial charge in [0.1, 0.15) is 0 Å². The van der Waals surface area contributed by atoms with Crippen LogP contribution in [0.2, 0.25) is 0 Å². The number of carbonyl (C=O) groups is 2. The summed E-state index contributed by atoms with van der Waals surface area (Å²) in [7, 11) is 0. The Morgan fingerprint density at radius 1 is 1.39 bits per heavy atom. The number of piperazine rings is 1. The number of nitrogens with one attached hydrogen (secondary N) is 1. The maximum absolute atomic E-state index is 11.9. The second-order valence-electron chi connectivity index (χ2n) is 4.53. The average molecular weight is 255 g/mol. The molecule has 1 unspecified atom stereocenters. The number of hydrogen-bond acceptors (Lipinski definition) is 3. The van der Waals surface area contributed by atoms with Crippen LogP contribution in [0.25, 0.3) is 0 Å². The van der Waals surface area contributed by atoms with Crippen LogP contribution >= 0.6 is 0 Å². The van der Waals surface area contributed by atoms with Crippen LogP contribution in [0, 0.1) is 0 Å². The predicted molar refractivity (Wildman–Crippen MR) is 68.5 cm³/mol. The highest BCUT2D eigenvalue weighted by molar-refractivity contribution is 5.74. The molecule has 2 N–H and O–H groups in total. The topological polar surface area (TPSA) is 72.9 Å². The van der Waals surface area contributed by atoms with Gasteiger partial charge >= 0.3 is 12.0 Å². The van der Waals surface area contributed by atoms with Crippen molar-refractivity contribution in [3.05, 3.63) is 12.7 Å². The van der Waals surface area contributed by atoms with Gasteiger partial charge in [0, 0.05) is 32.2 Å². The third-order valence-corrected chi connectivity index (χ3v) is 2.91. The molecule has 1 rings (SSSR count). The van der Waals surface area contributed by atoms with Gasteiger partial charge in [0.2, 0.25) is 0 Å². The summed E-state index contributed by atoms with van der Waals surface area (Å²) < 4.78 is 0. The zero-order chi connectivity index (χ0) is 13.5. The van der Waals surface area contributed by atoms with Crippen LogP contribution in [0.5, 0.6) is 0 Å². The van der Waals surface area contributed by atoms with E-state index >= 15 is 0 Å². The SMILES string of the molecule is C=CCC(C)NC(=O)N1CCN(CC(=O)O)CC1. The molecule has 0 bridgehead atoms. The number of rotatable bonds is 5. The van der Waals surface area contributed by atoms with Crippen molar-refractivity contribution in [1.29, 1.82) is 0 Å².